The van der Waals surface area contributed by atoms with Crippen LogP contribution in [-0.2, 0) is 6.54 Å². The summed E-state index contributed by atoms with van der Waals surface area (Å²) in [6.07, 6.45) is 7.71. The second-order valence-electron chi connectivity index (χ2n) is 6.91. The highest BCUT2D eigenvalue weighted by atomic mass is 16.2. The molecule has 1 aliphatic carbocycles. The molecule has 24 heavy (non-hydrogen) atoms. The van der Waals surface area contributed by atoms with Gasteiger partial charge in [-0.1, -0.05) is 38.0 Å². The van der Waals surface area contributed by atoms with Crippen molar-refractivity contribution in [1.82, 2.24) is 14.8 Å². The fourth-order valence-electron chi connectivity index (χ4n) is 4.19. The van der Waals surface area contributed by atoms with Gasteiger partial charge in [0.1, 0.15) is 0 Å². The number of para-hydroxylation sites is 1. The summed E-state index contributed by atoms with van der Waals surface area (Å²) < 4.78 is 2.24. The minimum Gasteiger partial charge on any atom is -0.335 e. The van der Waals surface area contributed by atoms with Crippen LogP contribution in [0.25, 0.3) is 5.69 Å². The van der Waals surface area contributed by atoms with E-state index in [2.05, 4.69) is 59.4 Å². The molecule has 1 atom stereocenters. The lowest BCUT2D eigenvalue weighted by molar-refractivity contribution is 0.164. The van der Waals surface area contributed by atoms with Crippen LogP contribution in [0.15, 0.2) is 42.6 Å². The second-order valence-corrected chi connectivity index (χ2v) is 6.91. The number of aromatic nitrogens is 1. The first kappa shape index (κ1) is 15.3. The Balaban J connectivity index is 1.70. The average molecular weight is 323 g/mol. The molecule has 0 unspecified atom stereocenters. The summed E-state index contributed by atoms with van der Waals surface area (Å²) in [6, 6.07) is 13.2. The van der Waals surface area contributed by atoms with E-state index in [9.17, 15) is 4.79 Å². The van der Waals surface area contributed by atoms with Crippen molar-refractivity contribution in [2.24, 2.45) is 0 Å². The van der Waals surface area contributed by atoms with Gasteiger partial charge in [-0.25, -0.2) is 4.79 Å². The standard InChI is InChI=1S/C20H25N3O/c1-2-17-19-12-7-13-22(19)18-11-6-3-8-15(18)14-23(17)20(24)21-16-9-4-5-10-16/h3,6-8,11-13,16-17H,2,4-5,9-10,14H2,1H3,(H,21,24)/t17-/m0/s1. The van der Waals surface area contributed by atoms with Crippen LogP contribution in [0.4, 0.5) is 4.79 Å². The van der Waals surface area contributed by atoms with Crippen LogP contribution in [-0.4, -0.2) is 21.5 Å². The highest BCUT2D eigenvalue weighted by molar-refractivity contribution is 5.75. The van der Waals surface area contributed by atoms with Gasteiger partial charge < -0.3 is 14.8 Å². The molecule has 126 valence electrons. The van der Waals surface area contributed by atoms with E-state index >= 15 is 0 Å². The van der Waals surface area contributed by atoms with Gasteiger partial charge in [0.15, 0.2) is 0 Å². The van der Waals surface area contributed by atoms with Crippen molar-refractivity contribution in [1.29, 1.82) is 0 Å². The summed E-state index contributed by atoms with van der Waals surface area (Å²) in [7, 11) is 0. The Morgan fingerprint density at radius 2 is 1.96 bits per heavy atom. The molecule has 2 aliphatic rings. The summed E-state index contributed by atoms with van der Waals surface area (Å²) in [4.78, 5) is 15.0. The zero-order valence-electron chi connectivity index (χ0n) is 14.2. The molecule has 0 spiro atoms. The van der Waals surface area contributed by atoms with Crippen LogP contribution in [0.3, 0.4) is 0 Å². The lowest BCUT2D eigenvalue weighted by Gasteiger charge is -2.31. The number of hydrogen-bond donors (Lipinski definition) is 1. The number of urea groups is 1. The molecule has 4 rings (SSSR count). The summed E-state index contributed by atoms with van der Waals surface area (Å²) in [5.74, 6) is 0. The van der Waals surface area contributed by atoms with Crippen LogP contribution >= 0.6 is 0 Å². The van der Waals surface area contributed by atoms with Crippen LogP contribution in [0.1, 0.15) is 56.3 Å². The molecule has 1 fully saturated rings. The Labute approximate surface area is 143 Å². The molecule has 0 saturated heterocycles. The number of amides is 2. The van der Waals surface area contributed by atoms with E-state index < -0.39 is 0 Å². The van der Waals surface area contributed by atoms with Crippen molar-refractivity contribution in [2.45, 2.75) is 57.7 Å². The molecule has 1 N–H and O–H groups in total. The SMILES string of the molecule is CC[C@H]1c2cccn2-c2ccccc2CN1C(=O)NC1CCCC1. The predicted octanol–water partition coefficient (Wildman–Crippen LogP) is 4.40. The monoisotopic (exact) mass is 323 g/mol. The van der Waals surface area contributed by atoms with Gasteiger partial charge in [0.05, 0.1) is 18.3 Å². The summed E-state index contributed by atoms with van der Waals surface area (Å²) in [6.45, 7) is 2.82. The van der Waals surface area contributed by atoms with Crippen LogP contribution in [0.2, 0.25) is 0 Å². The molecule has 2 amide bonds. The third-order valence-corrected chi connectivity index (χ3v) is 5.42. The highest BCUT2D eigenvalue weighted by Crippen LogP contribution is 2.34. The number of carbonyl (C=O) groups is 1. The van der Waals surface area contributed by atoms with E-state index in [1.807, 2.05) is 4.90 Å². The number of hydrogen-bond acceptors (Lipinski definition) is 1. The maximum atomic E-state index is 13.0. The normalized spacial score (nSPS) is 20.4. The van der Waals surface area contributed by atoms with Crippen LogP contribution in [0.5, 0.6) is 0 Å². The Morgan fingerprint density at radius 3 is 2.75 bits per heavy atom. The zero-order chi connectivity index (χ0) is 16.5. The van der Waals surface area contributed by atoms with Crippen LogP contribution < -0.4 is 5.32 Å². The first-order valence-corrected chi connectivity index (χ1v) is 9.10. The van der Waals surface area contributed by atoms with E-state index in [1.54, 1.807) is 0 Å². The summed E-state index contributed by atoms with van der Waals surface area (Å²) >= 11 is 0. The van der Waals surface area contributed by atoms with Crippen molar-refractivity contribution in [3.63, 3.8) is 0 Å². The number of benzene rings is 1. The maximum Gasteiger partial charge on any atom is 0.318 e. The first-order valence-electron chi connectivity index (χ1n) is 9.10. The largest absolute Gasteiger partial charge is 0.335 e. The zero-order valence-corrected chi connectivity index (χ0v) is 14.2. The lowest BCUT2D eigenvalue weighted by Crippen LogP contribution is -2.45. The number of rotatable bonds is 2. The Hall–Kier alpha value is -2.23. The third-order valence-electron chi connectivity index (χ3n) is 5.42. The summed E-state index contributed by atoms with van der Waals surface area (Å²) in [5, 5.41) is 3.27. The second kappa shape index (κ2) is 6.34. The molecule has 1 aliphatic heterocycles. The molecule has 2 aromatic rings. The van der Waals surface area contributed by atoms with E-state index in [-0.39, 0.29) is 12.1 Å². The van der Waals surface area contributed by atoms with E-state index in [4.69, 9.17) is 0 Å². The molecular weight excluding hydrogens is 298 g/mol. The van der Waals surface area contributed by atoms with Gasteiger partial charge in [0.25, 0.3) is 0 Å². The Bertz CT molecular complexity index is 730. The van der Waals surface area contributed by atoms with Crippen molar-refractivity contribution < 1.29 is 4.79 Å². The molecule has 2 heterocycles. The first-order chi connectivity index (χ1) is 11.8. The van der Waals surface area contributed by atoms with Gasteiger partial charge >= 0.3 is 6.03 Å². The molecule has 4 nitrogen and oxygen atoms in total. The summed E-state index contributed by atoms with van der Waals surface area (Å²) in [5.41, 5.74) is 3.59. The van der Waals surface area contributed by atoms with Gasteiger partial charge in [-0.15, -0.1) is 0 Å². The number of carbonyl (C=O) groups excluding carboxylic acids is 1. The molecular formula is C20H25N3O. The quantitative estimate of drug-likeness (QED) is 0.874. The molecule has 1 aromatic heterocycles. The number of nitrogens with zero attached hydrogens (tertiary/aromatic N) is 2. The van der Waals surface area contributed by atoms with Crippen molar-refractivity contribution in [2.75, 3.05) is 0 Å². The lowest BCUT2D eigenvalue weighted by atomic mass is 10.1. The van der Waals surface area contributed by atoms with E-state index in [0.717, 1.165) is 19.3 Å². The number of fused-ring (bicyclic) bond motifs is 3. The fraction of sp³-hybridized carbons (Fsp3) is 0.450. The molecule has 0 bridgehead atoms. The van der Waals surface area contributed by atoms with Gasteiger partial charge in [0.2, 0.25) is 0 Å². The maximum absolute atomic E-state index is 13.0. The van der Waals surface area contributed by atoms with Gasteiger partial charge in [-0.05, 0) is 43.0 Å². The molecule has 1 saturated carbocycles. The fourth-order valence-corrected chi connectivity index (χ4v) is 4.19. The topological polar surface area (TPSA) is 37.3 Å². The van der Waals surface area contributed by atoms with E-state index in [0.29, 0.717) is 12.6 Å². The highest BCUT2D eigenvalue weighted by Gasteiger charge is 2.31. The van der Waals surface area contributed by atoms with Gasteiger partial charge in [-0.2, -0.15) is 0 Å². The minimum atomic E-state index is 0.0817. The Morgan fingerprint density at radius 1 is 1.17 bits per heavy atom. The number of nitrogens with one attached hydrogen (secondary N) is 1. The Kier molecular flexibility index (Phi) is 4.05. The third kappa shape index (κ3) is 2.60. The molecule has 0 radical (unpaired) electrons. The molecule has 1 aromatic carbocycles. The average Bonchev–Trinajstić information content (AvgIpc) is 3.25. The van der Waals surface area contributed by atoms with Gasteiger partial charge in [-0.3, -0.25) is 0 Å². The van der Waals surface area contributed by atoms with Crippen molar-refractivity contribution >= 4 is 6.03 Å². The van der Waals surface area contributed by atoms with E-state index in [1.165, 1.54) is 29.8 Å². The predicted molar refractivity (Wildman–Crippen MR) is 95.1 cm³/mol. The van der Waals surface area contributed by atoms with Crippen molar-refractivity contribution in [3.05, 3.63) is 53.9 Å². The van der Waals surface area contributed by atoms with Gasteiger partial charge in [0, 0.05) is 17.9 Å². The van der Waals surface area contributed by atoms with Crippen molar-refractivity contribution in [3.8, 4) is 5.69 Å². The minimum absolute atomic E-state index is 0.0817. The molecule has 4 heteroatoms. The smallest absolute Gasteiger partial charge is 0.318 e. The van der Waals surface area contributed by atoms with Crippen LogP contribution in [0, 0.1) is 0 Å².